The minimum absolute atomic E-state index is 0.0382. The maximum absolute atomic E-state index is 13.6. The number of anilines is 2. The molecule has 0 fully saturated rings. The first kappa shape index (κ1) is 16.0. The Kier molecular flexibility index (Phi) is 4.46. The summed E-state index contributed by atoms with van der Waals surface area (Å²) in [5.41, 5.74) is 2.91. The van der Waals surface area contributed by atoms with Crippen molar-refractivity contribution < 1.29 is 14.0 Å². The first-order chi connectivity index (χ1) is 11.5. The number of para-hydroxylation sites is 1. The summed E-state index contributed by atoms with van der Waals surface area (Å²) < 4.78 is 13.6. The molecule has 0 saturated carbocycles. The van der Waals surface area contributed by atoms with E-state index in [1.807, 2.05) is 18.2 Å². The molecule has 0 radical (unpaired) electrons. The van der Waals surface area contributed by atoms with Gasteiger partial charge in [0.15, 0.2) is 0 Å². The fourth-order valence-corrected chi connectivity index (χ4v) is 2.75. The van der Waals surface area contributed by atoms with Crippen molar-refractivity contribution in [3.05, 3.63) is 59.4 Å². The zero-order valence-electron chi connectivity index (χ0n) is 13.3. The quantitative estimate of drug-likeness (QED) is 0.888. The number of benzene rings is 2. The molecule has 24 heavy (non-hydrogen) atoms. The summed E-state index contributed by atoms with van der Waals surface area (Å²) in [5.74, 6) is -0.452. The van der Waals surface area contributed by atoms with Crippen molar-refractivity contribution in [3.63, 3.8) is 0 Å². The van der Waals surface area contributed by atoms with Gasteiger partial charge in [-0.1, -0.05) is 18.2 Å². The lowest BCUT2D eigenvalue weighted by molar-refractivity contribution is -0.129. The lowest BCUT2D eigenvalue weighted by Gasteiger charge is -2.28. The van der Waals surface area contributed by atoms with Gasteiger partial charge in [-0.3, -0.25) is 4.79 Å². The molecular formula is C18H18FN3O2. The van der Waals surface area contributed by atoms with Crippen LogP contribution in [0.1, 0.15) is 18.1 Å². The highest BCUT2D eigenvalue weighted by Gasteiger charge is 2.18. The van der Waals surface area contributed by atoms with Crippen LogP contribution in [0.2, 0.25) is 0 Å². The molecule has 0 saturated heterocycles. The molecule has 3 amide bonds. The van der Waals surface area contributed by atoms with Crippen LogP contribution in [0.3, 0.4) is 0 Å². The highest BCUT2D eigenvalue weighted by molar-refractivity contribution is 5.99. The molecule has 1 heterocycles. The standard InChI is InChI=1S/C18H18FN3O2/c1-12(23)22-9-8-13-6-7-15(10-14(13)11-22)20-18(24)21-17-5-3-2-4-16(17)19/h2-7,10H,8-9,11H2,1H3,(H2,20,21,24). The smallest absolute Gasteiger partial charge is 0.323 e. The third-order valence-corrected chi connectivity index (χ3v) is 4.04. The third-order valence-electron chi connectivity index (χ3n) is 4.04. The van der Waals surface area contributed by atoms with Crippen LogP contribution in [0.5, 0.6) is 0 Å². The van der Waals surface area contributed by atoms with Gasteiger partial charge >= 0.3 is 6.03 Å². The number of hydrogen-bond donors (Lipinski definition) is 2. The van der Waals surface area contributed by atoms with Gasteiger partial charge in [0.2, 0.25) is 5.91 Å². The van der Waals surface area contributed by atoms with Crippen LogP contribution in [0.25, 0.3) is 0 Å². The molecule has 124 valence electrons. The van der Waals surface area contributed by atoms with Gasteiger partial charge in [0, 0.05) is 25.7 Å². The fourth-order valence-electron chi connectivity index (χ4n) is 2.75. The molecule has 2 aromatic rings. The molecule has 0 aromatic heterocycles. The topological polar surface area (TPSA) is 61.4 Å². The normalized spacial score (nSPS) is 13.2. The van der Waals surface area contributed by atoms with Crippen LogP contribution in [-0.2, 0) is 17.8 Å². The maximum atomic E-state index is 13.6. The zero-order chi connectivity index (χ0) is 17.1. The van der Waals surface area contributed by atoms with Gasteiger partial charge in [0.05, 0.1) is 5.69 Å². The molecule has 0 unspecified atom stereocenters. The molecule has 0 bridgehead atoms. The van der Waals surface area contributed by atoms with E-state index in [1.54, 1.807) is 24.0 Å². The molecule has 0 atom stereocenters. The fraction of sp³-hybridized carbons (Fsp3) is 0.222. The lowest BCUT2D eigenvalue weighted by Crippen LogP contribution is -2.34. The number of nitrogens with zero attached hydrogens (tertiary/aromatic N) is 1. The Morgan fingerprint density at radius 1 is 1.08 bits per heavy atom. The summed E-state index contributed by atoms with van der Waals surface area (Å²) in [4.78, 5) is 25.3. The second-order valence-corrected chi connectivity index (χ2v) is 5.73. The van der Waals surface area contributed by atoms with Gasteiger partial charge in [-0.05, 0) is 41.8 Å². The number of fused-ring (bicyclic) bond motifs is 1. The number of nitrogens with one attached hydrogen (secondary N) is 2. The number of halogens is 1. The first-order valence-corrected chi connectivity index (χ1v) is 7.73. The lowest BCUT2D eigenvalue weighted by atomic mass is 9.99. The van der Waals surface area contributed by atoms with E-state index in [4.69, 9.17) is 0 Å². The Bertz CT molecular complexity index is 792. The SMILES string of the molecule is CC(=O)N1CCc2ccc(NC(=O)Nc3ccccc3F)cc2C1. The number of carbonyl (C=O) groups excluding carboxylic acids is 2. The molecule has 0 spiro atoms. The Hall–Kier alpha value is -2.89. The summed E-state index contributed by atoms with van der Waals surface area (Å²) in [6.45, 7) is 2.80. The highest BCUT2D eigenvalue weighted by atomic mass is 19.1. The molecule has 2 N–H and O–H groups in total. The molecule has 6 heteroatoms. The van der Waals surface area contributed by atoms with Gasteiger partial charge in [0.25, 0.3) is 0 Å². The Labute approximate surface area is 139 Å². The van der Waals surface area contributed by atoms with E-state index >= 15 is 0 Å². The zero-order valence-corrected chi connectivity index (χ0v) is 13.3. The van der Waals surface area contributed by atoms with Crippen LogP contribution in [0.4, 0.5) is 20.6 Å². The second kappa shape index (κ2) is 6.70. The number of hydrogen-bond acceptors (Lipinski definition) is 2. The molecular weight excluding hydrogens is 309 g/mol. The largest absolute Gasteiger partial charge is 0.338 e. The van der Waals surface area contributed by atoms with Gasteiger partial charge in [0.1, 0.15) is 5.82 Å². The summed E-state index contributed by atoms with van der Waals surface area (Å²) in [5, 5.41) is 5.17. The van der Waals surface area contributed by atoms with Gasteiger partial charge < -0.3 is 15.5 Å². The van der Waals surface area contributed by atoms with E-state index in [0.717, 1.165) is 12.0 Å². The average Bonchev–Trinajstić information content (AvgIpc) is 2.56. The minimum Gasteiger partial charge on any atom is -0.338 e. The summed E-state index contributed by atoms with van der Waals surface area (Å²) in [7, 11) is 0. The van der Waals surface area contributed by atoms with Crippen LogP contribution < -0.4 is 10.6 Å². The van der Waals surface area contributed by atoms with Gasteiger partial charge in [-0.2, -0.15) is 0 Å². The Morgan fingerprint density at radius 3 is 2.62 bits per heavy atom. The molecule has 1 aliphatic heterocycles. The minimum atomic E-state index is -0.515. The van der Waals surface area contributed by atoms with Gasteiger partial charge in [-0.15, -0.1) is 0 Å². The Balaban J connectivity index is 1.70. The molecule has 5 nitrogen and oxygen atoms in total. The van der Waals surface area contributed by atoms with Gasteiger partial charge in [-0.25, -0.2) is 9.18 Å². The van der Waals surface area contributed by atoms with E-state index in [0.29, 0.717) is 18.8 Å². The molecule has 1 aliphatic rings. The number of urea groups is 1. The highest BCUT2D eigenvalue weighted by Crippen LogP contribution is 2.23. The predicted octanol–water partition coefficient (Wildman–Crippen LogP) is 3.37. The van der Waals surface area contributed by atoms with E-state index in [9.17, 15) is 14.0 Å². The molecule has 3 rings (SSSR count). The van der Waals surface area contributed by atoms with E-state index in [1.165, 1.54) is 17.7 Å². The summed E-state index contributed by atoms with van der Waals surface area (Å²) >= 11 is 0. The van der Waals surface area contributed by atoms with Crippen LogP contribution in [-0.4, -0.2) is 23.4 Å². The van der Waals surface area contributed by atoms with E-state index in [2.05, 4.69) is 10.6 Å². The average molecular weight is 327 g/mol. The summed E-state index contributed by atoms with van der Waals surface area (Å²) in [6, 6.07) is 11.1. The maximum Gasteiger partial charge on any atom is 0.323 e. The van der Waals surface area contributed by atoms with Crippen LogP contribution in [0.15, 0.2) is 42.5 Å². The van der Waals surface area contributed by atoms with Crippen LogP contribution in [0, 0.1) is 5.82 Å². The monoisotopic (exact) mass is 327 g/mol. The van der Waals surface area contributed by atoms with Crippen LogP contribution >= 0.6 is 0 Å². The van der Waals surface area contributed by atoms with Crippen molar-refractivity contribution >= 4 is 23.3 Å². The van der Waals surface area contributed by atoms with E-state index < -0.39 is 11.8 Å². The van der Waals surface area contributed by atoms with Crippen molar-refractivity contribution in [3.8, 4) is 0 Å². The second-order valence-electron chi connectivity index (χ2n) is 5.73. The third kappa shape index (κ3) is 3.53. The van der Waals surface area contributed by atoms with Crippen molar-refractivity contribution in [2.24, 2.45) is 0 Å². The Morgan fingerprint density at radius 2 is 1.88 bits per heavy atom. The summed E-state index contributed by atoms with van der Waals surface area (Å²) in [6.07, 6.45) is 0.802. The number of carbonyl (C=O) groups is 2. The van der Waals surface area contributed by atoms with Crippen molar-refractivity contribution in [1.29, 1.82) is 0 Å². The van der Waals surface area contributed by atoms with Crippen molar-refractivity contribution in [1.82, 2.24) is 4.90 Å². The number of amides is 3. The predicted molar refractivity (Wildman–Crippen MR) is 90.3 cm³/mol. The van der Waals surface area contributed by atoms with Crippen molar-refractivity contribution in [2.45, 2.75) is 19.9 Å². The number of rotatable bonds is 2. The van der Waals surface area contributed by atoms with E-state index in [-0.39, 0.29) is 11.6 Å². The first-order valence-electron chi connectivity index (χ1n) is 7.73. The molecule has 0 aliphatic carbocycles. The molecule has 2 aromatic carbocycles. The van der Waals surface area contributed by atoms with Crippen molar-refractivity contribution in [2.75, 3.05) is 17.2 Å².